The predicted molar refractivity (Wildman–Crippen MR) is 92.4 cm³/mol. The van der Waals surface area contributed by atoms with E-state index >= 15 is 0 Å². The monoisotopic (exact) mass is 430 g/mol. The van der Waals surface area contributed by atoms with E-state index in [-0.39, 0.29) is 0 Å². The third kappa shape index (κ3) is 5.63. The maximum atomic E-state index is 11.0. The van der Waals surface area contributed by atoms with Crippen LogP contribution in [0.25, 0.3) is 0 Å². The number of carboxylic acids is 1. The van der Waals surface area contributed by atoms with Gasteiger partial charge in [-0.05, 0) is 24.1 Å². The minimum Gasteiger partial charge on any atom is -0.480 e. The van der Waals surface area contributed by atoms with E-state index in [0.29, 0.717) is 18.2 Å². The molecule has 0 aliphatic carbocycles. The zero-order chi connectivity index (χ0) is 15.0. The summed E-state index contributed by atoms with van der Waals surface area (Å²) in [4.78, 5) is 13.1. The first-order chi connectivity index (χ1) is 9.62. The predicted octanol–water partition coefficient (Wildman–Crippen LogP) is 2.91. The first kappa shape index (κ1) is 17.8. The molecular formula is C13H17Cl2IN2O2. The van der Waals surface area contributed by atoms with Gasteiger partial charge in [-0.2, -0.15) is 0 Å². The molecule has 0 radical (unpaired) electrons. The Morgan fingerprint density at radius 1 is 1.25 bits per heavy atom. The van der Waals surface area contributed by atoms with Crippen LogP contribution in [0.15, 0.2) is 24.3 Å². The van der Waals surface area contributed by atoms with Crippen LogP contribution in [-0.4, -0.2) is 42.0 Å². The van der Waals surface area contributed by atoms with Crippen molar-refractivity contribution in [1.29, 1.82) is 0 Å². The normalized spacial score (nSPS) is 12.2. The Morgan fingerprint density at radius 2 is 1.80 bits per heavy atom. The van der Waals surface area contributed by atoms with E-state index in [0.717, 1.165) is 24.3 Å². The lowest BCUT2D eigenvalue weighted by Gasteiger charge is -2.23. The van der Waals surface area contributed by atoms with Crippen molar-refractivity contribution in [2.75, 3.05) is 29.7 Å². The van der Waals surface area contributed by atoms with Crippen molar-refractivity contribution in [1.82, 2.24) is 3.53 Å². The number of halogens is 3. The van der Waals surface area contributed by atoms with Gasteiger partial charge in [0, 0.05) is 53.4 Å². The van der Waals surface area contributed by atoms with Crippen molar-refractivity contribution < 1.29 is 9.90 Å². The highest BCUT2D eigenvalue weighted by atomic mass is 127. The van der Waals surface area contributed by atoms with Gasteiger partial charge in [-0.25, -0.2) is 3.53 Å². The second-order valence-electron chi connectivity index (χ2n) is 4.24. The molecule has 0 unspecified atom stereocenters. The fourth-order valence-corrected chi connectivity index (χ4v) is 2.72. The summed E-state index contributed by atoms with van der Waals surface area (Å²) < 4.78 is 2.75. The molecule has 2 N–H and O–H groups in total. The molecule has 0 bridgehead atoms. The number of alkyl halides is 2. The summed E-state index contributed by atoms with van der Waals surface area (Å²) >= 11 is 13.4. The molecule has 0 amide bonds. The van der Waals surface area contributed by atoms with Crippen LogP contribution in [0.3, 0.4) is 0 Å². The van der Waals surface area contributed by atoms with E-state index in [2.05, 4.69) is 8.43 Å². The summed E-state index contributed by atoms with van der Waals surface area (Å²) in [7, 11) is 0. The van der Waals surface area contributed by atoms with Gasteiger partial charge in [-0.3, -0.25) is 4.79 Å². The van der Waals surface area contributed by atoms with Gasteiger partial charge < -0.3 is 10.0 Å². The summed E-state index contributed by atoms with van der Waals surface area (Å²) in [5.41, 5.74) is 2.02. The average Bonchev–Trinajstić information content (AvgIpc) is 2.45. The van der Waals surface area contributed by atoms with Crippen molar-refractivity contribution in [3.63, 3.8) is 0 Å². The Labute approximate surface area is 142 Å². The lowest BCUT2D eigenvalue weighted by molar-refractivity contribution is -0.138. The molecule has 1 atom stereocenters. The number of nitrogens with one attached hydrogen (secondary N) is 1. The summed E-state index contributed by atoms with van der Waals surface area (Å²) in [6, 6.07) is 7.24. The van der Waals surface area contributed by atoms with E-state index in [1.807, 2.05) is 47.1 Å². The Hall–Kier alpha value is -0.240. The van der Waals surface area contributed by atoms with E-state index < -0.39 is 12.0 Å². The minimum absolute atomic E-state index is 0.448. The zero-order valence-corrected chi connectivity index (χ0v) is 14.5. The number of anilines is 1. The number of benzene rings is 1. The number of rotatable bonds is 9. The number of aliphatic carboxylic acids is 1. The second-order valence-corrected chi connectivity index (χ2v) is 5.61. The maximum Gasteiger partial charge on any atom is 0.321 e. The third-order valence-corrected chi connectivity index (χ3v) is 3.97. The molecule has 20 heavy (non-hydrogen) atoms. The lowest BCUT2D eigenvalue weighted by Crippen LogP contribution is -2.32. The molecule has 7 heteroatoms. The zero-order valence-electron chi connectivity index (χ0n) is 10.9. The van der Waals surface area contributed by atoms with Crippen LogP contribution < -0.4 is 8.43 Å². The second kappa shape index (κ2) is 9.65. The highest BCUT2D eigenvalue weighted by Crippen LogP contribution is 2.16. The molecule has 1 rings (SSSR count). The molecule has 0 saturated heterocycles. The number of carboxylic acid groups (broad SMARTS) is 1. The van der Waals surface area contributed by atoms with Crippen LogP contribution in [0.5, 0.6) is 0 Å². The number of carbonyl (C=O) groups is 1. The van der Waals surface area contributed by atoms with Crippen LogP contribution in [-0.2, 0) is 11.2 Å². The van der Waals surface area contributed by atoms with Crippen LogP contribution in [0.4, 0.5) is 5.69 Å². The molecule has 0 spiro atoms. The van der Waals surface area contributed by atoms with Crippen LogP contribution >= 0.6 is 46.1 Å². The first-order valence-electron chi connectivity index (χ1n) is 6.17. The molecule has 112 valence electrons. The number of hydrogen-bond acceptors (Lipinski definition) is 3. The molecule has 0 aliphatic rings. The van der Waals surface area contributed by atoms with Crippen molar-refractivity contribution in [3.8, 4) is 0 Å². The Morgan fingerprint density at radius 3 is 2.20 bits per heavy atom. The third-order valence-electron chi connectivity index (χ3n) is 2.88. The van der Waals surface area contributed by atoms with Crippen molar-refractivity contribution in [3.05, 3.63) is 29.8 Å². The molecule has 0 aromatic heterocycles. The van der Waals surface area contributed by atoms with Gasteiger partial charge in [-0.1, -0.05) is 12.1 Å². The quantitative estimate of drug-likeness (QED) is 0.359. The maximum absolute atomic E-state index is 11.0. The summed E-state index contributed by atoms with van der Waals surface area (Å²) in [5.74, 6) is 0.228. The van der Waals surface area contributed by atoms with Gasteiger partial charge in [0.25, 0.3) is 0 Å². The van der Waals surface area contributed by atoms with Gasteiger partial charge in [-0.15, -0.1) is 23.2 Å². The van der Waals surface area contributed by atoms with Crippen molar-refractivity contribution in [2.45, 2.75) is 12.5 Å². The smallest absolute Gasteiger partial charge is 0.321 e. The summed E-state index contributed by atoms with van der Waals surface area (Å²) in [5, 5.41) is 9.01. The molecule has 1 aromatic rings. The standard InChI is InChI=1S/C13H17Cl2IN2O2/c14-5-7-18(8-6-15)11-3-1-10(2-4-11)9-12(17-16)13(19)20/h1-4,12,17H,5-9H2,(H,19,20)/t12-/m0/s1. The van der Waals surface area contributed by atoms with Gasteiger partial charge in [0.2, 0.25) is 0 Å². The van der Waals surface area contributed by atoms with Gasteiger partial charge >= 0.3 is 5.97 Å². The van der Waals surface area contributed by atoms with Gasteiger partial charge in [0.1, 0.15) is 6.04 Å². The van der Waals surface area contributed by atoms with Gasteiger partial charge in [0.15, 0.2) is 0 Å². The fourth-order valence-electron chi connectivity index (χ4n) is 1.83. The van der Waals surface area contributed by atoms with E-state index in [1.54, 1.807) is 0 Å². The Bertz CT molecular complexity index is 411. The fraction of sp³-hybridized carbons (Fsp3) is 0.462. The molecule has 0 heterocycles. The molecule has 4 nitrogen and oxygen atoms in total. The minimum atomic E-state index is -0.852. The molecule has 0 saturated carbocycles. The summed E-state index contributed by atoms with van der Waals surface area (Å²) in [6.45, 7) is 1.47. The Balaban J connectivity index is 2.73. The van der Waals surface area contributed by atoms with E-state index in [9.17, 15) is 4.79 Å². The average molecular weight is 431 g/mol. The molecular weight excluding hydrogens is 414 g/mol. The molecule has 0 aliphatic heterocycles. The summed E-state index contributed by atoms with van der Waals surface area (Å²) in [6.07, 6.45) is 0.448. The van der Waals surface area contributed by atoms with Crippen LogP contribution in [0.2, 0.25) is 0 Å². The van der Waals surface area contributed by atoms with Crippen molar-refractivity contribution in [2.24, 2.45) is 0 Å². The van der Waals surface area contributed by atoms with Crippen molar-refractivity contribution >= 4 is 57.7 Å². The van der Waals surface area contributed by atoms with Crippen LogP contribution in [0.1, 0.15) is 5.56 Å². The lowest BCUT2D eigenvalue weighted by atomic mass is 10.1. The van der Waals surface area contributed by atoms with Crippen LogP contribution in [0, 0.1) is 0 Å². The Kier molecular flexibility index (Phi) is 8.60. The topological polar surface area (TPSA) is 52.6 Å². The largest absolute Gasteiger partial charge is 0.480 e. The molecule has 1 aromatic carbocycles. The molecule has 0 fully saturated rings. The van der Waals surface area contributed by atoms with E-state index in [1.165, 1.54) is 0 Å². The highest BCUT2D eigenvalue weighted by molar-refractivity contribution is 14.1. The van der Waals surface area contributed by atoms with E-state index in [4.69, 9.17) is 28.3 Å². The van der Waals surface area contributed by atoms with Gasteiger partial charge in [0.05, 0.1) is 0 Å². The number of nitrogens with zero attached hydrogens (tertiary/aromatic N) is 1. The SMILES string of the molecule is O=C(O)[C@H](Cc1ccc(N(CCCl)CCCl)cc1)NI. The highest BCUT2D eigenvalue weighted by Gasteiger charge is 2.16. The first-order valence-corrected chi connectivity index (χ1v) is 8.32. The number of hydrogen-bond donors (Lipinski definition) is 2.